The Morgan fingerprint density at radius 1 is 1.00 bits per heavy atom. The molecule has 74 valence electrons. The van der Waals surface area contributed by atoms with Gasteiger partial charge in [-0.2, -0.15) is 0 Å². The molecule has 0 aromatic carbocycles. The van der Waals surface area contributed by atoms with Crippen LogP contribution in [0, 0.1) is 0 Å². The molecule has 0 unspecified atom stereocenters. The van der Waals surface area contributed by atoms with E-state index in [0.717, 1.165) is 13.2 Å². The number of hydrogen-bond donors (Lipinski definition) is 0. The fraction of sp³-hybridized carbons (Fsp3) is 1.00. The lowest BCUT2D eigenvalue weighted by Gasteiger charge is -2.08. The molecule has 0 rings (SSSR count). The minimum absolute atomic E-state index is 0.859. The third kappa shape index (κ3) is 9.92. The molecular weight excluding hydrogens is 150 g/mol. The molecule has 0 N–H and O–H groups in total. The van der Waals surface area contributed by atoms with Crippen LogP contribution in [-0.4, -0.2) is 38.8 Å². The Labute approximate surface area is 76.9 Å². The van der Waals surface area contributed by atoms with E-state index in [2.05, 4.69) is 19.0 Å². The predicted molar refractivity (Wildman–Crippen MR) is 53.5 cm³/mol. The number of hydrogen-bond acceptors (Lipinski definition) is 2. The SMILES string of the molecule is CCOCCCCCCN(C)C. The minimum atomic E-state index is 0.859. The van der Waals surface area contributed by atoms with Crippen molar-refractivity contribution in [2.24, 2.45) is 0 Å². The van der Waals surface area contributed by atoms with Crippen molar-refractivity contribution in [2.45, 2.75) is 32.6 Å². The van der Waals surface area contributed by atoms with Gasteiger partial charge in [-0.1, -0.05) is 12.8 Å². The molecule has 2 nitrogen and oxygen atoms in total. The lowest BCUT2D eigenvalue weighted by molar-refractivity contribution is 0.142. The van der Waals surface area contributed by atoms with Crippen molar-refractivity contribution < 1.29 is 4.74 Å². The van der Waals surface area contributed by atoms with Crippen LogP contribution in [0.3, 0.4) is 0 Å². The van der Waals surface area contributed by atoms with Crippen molar-refractivity contribution >= 4 is 0 Å². The quantitative estimate of drug-likeness (QED) is 0.521. The van der Waals surface area contributed by atoms with E-state index in [-0.39, 0.29) is 0 Å². The zero-order valence-corrected chi connectivity index (χ0v) is 8.81. The molecule has 0 saturated heterocycles. The summed E-state index contributed by atoms with van der Waals surface area (Å²) in [4.78, 5) is 2.24. The molecule has 2 heteroatoms. The van der Waals surface area contributed by atoms with Gasteiger partial charge in [0.2, 0.25) is 0 Å². The van der Waals surface area contributed by atoms with E-state index in [1.54, 1.807) is 0 Å². The van der Waals surface area contributed by atoms with E-state index in [9.17, 15) is 0 Å². The van der Waals surface area contributed by atoms with Crippen molar-refractivity contribution in [1.82, 2.24) is 4.90 Å². The zero-order valence-electron chi connectivity index (χ0n) is 8.81. The standard InChI is InChI=1S/C10H23NO/c1-4-12-10-8-6-5-7-9-11(2)3/h4-10H2,1-3H3. The molecule has 0 aromatic heterocycles. The summed E-state index contributed by atoms with van der Waals surface area (Å²) in [6.45, 7) is 5.07. The van der Waals surface area contributed by atoms with Gasteiger partial charge in [-0.05, 0) is 40.4 Å². The Morgan fingerprint density at radius 3 is 2.25 bits per heavy atom. The van der Waals surface area contributed by atoms with Crippen molar-refractivity contribution in [3.05, 3.63) is 0 Å². The molecule has 0 atom stereocenters. The Bertz CT molecular complexity index is 83.9. The summed E-state index contributed by atoms with van der Waals surface area (Å²) in [6.07, 6.45) is 5.19. The lowest BCUT2D eigenvalue weighted by Crippen LogP contribution is -2.12. The first-order chi connectivity index (χ1) is 5.77. The summed E-state index contributed by atoms with van der Waals surface area (Å²) in [5.74, 6) is 0. The third-order valence-corrected chi connectivity index (χ3v) is 1.85. The van der Waals surface area contributed by atoms with Gasteiger partial charge in [-0.25, -0.2) is 0 Å². The van der Waals surface area contributed by atoms with Crippen molar-refractivity contribution in [2.75, 3.05) is 33.9 Å². The van der Waals surface area contributed by atoms with Crippen LogP contribution >= 0.6 is 0 Å². The summed E-state index contributed by atoms with van der Waals surface area (Å²) in [7, 11) is 4.25. The number of nitrogens with zero attached hydrogens (tertiary/aromatic N) is 1. The van der Waals surface area contributed by atoms with E-state index < -0.39 is 0 Å². The topological polar surface area (TPSA) is 12.5 Å². The van der Waals surface area contributed by atoms with Crippen LogP contribution in [0.15, 0.2) is 0 Å². The molecule has 0 aliphatic carbocycles. The summed E-state index contributed by atoms with van der Waals surface area (Å²) in [6, 6.07) is 0. The van der Waals surface area contributed by atoms with E-state index in [1.807, 2.05) is 6.92 Å². The van der Waals surface area contributed by atoms with Crippen LogP contribution in [-0.2, 0) is 4.74 Å². The Kier molecular flexibility index (Phi) is 8.95. The van der Waals surface area contributed by atoms with E-state index in [4.69, 9.17) is 4.74 Å². The number of unbranched alkanes of at least 4 members (excludes halogenated alkanes) is 3. The van der Waals surface area contributed by atoms with Crippen LogP contribution in [0.1, 0.15) is 32.6 Å². The molecular formula is C10H23NO. The highest BCUT2D eigenvalue weighted by Gasteiger charge is 1.91. The van der Waals surface area contributed by atoms with Crippen LogP contribution in [0.25, 0.3) is 0 Å². The first kappa shape index (κ1) is 11.9. The molecule has 0 spiro atoms. The largest absolute Gasteiger partial charge is 0.382 e. The summed E-state index contributed by atoms with van der Waals surface area (Å²) >= 11 is 0. The van der Waals surface area contributed by atoms with Gasteiger partial charge in [0.15, 0.2) is 0 Å². The molecule has 0 heterocycles. The van der Waals surface area contributed by atoms with Gasteiger partial charge in [0.25, 0.3) is 0 Å². The molecule has 0 fully saturated rings. The highest BCUT2D eigenvalue weighted by Crippen LogP contribution is 2.00. The van der Waals surface area contributed by atoms with Gasteiger partial charge in [0.1, 0.15) is 0 Å². The summed E-state index contributed by atoms with van der Waals surface area (Å²) < 4.78 is 5.25. The van der Waals surface area contributed by atoms with Crippen molar-refractivity contribution in [3.63, 3.8) is 0 Å². The molecule has 0 aliphatic rings. The van der Waals surface area contributed by atoms with Gasteiger partial charge in [-0.15, -0.1) is 0 Å². The minimum Gasteiger partial charge on any atom is -0.382 e. The molecule has 0 bridgehead atoms. The number of ether oxygens (including phenoxy) is 1. The first-order valence-corrected chi connectivity index (χ1v) is 5.00. The van der Waals surface area contributed by atoms with Gasteiger partial charge in [0.05, 0.1) is 0 Å². The monoisotopic (exact) mass is 173 g/mol. The van der Waals surface area contributed by atoms with Crippen LogP contribution < -0.4 is 0 Å². The molecule has 0 aliphatic heterocycles. The fourth-order valence-corrected chi connectivity index (χ4v) is 1.13. The molecule has 0 amide bonds. The highest BCUT2D eigenvalue weighted by molar-refractivity contribution is 4.46. The van der Waals surface area contributed by atoms with E-state index in [1.165, 1.54) is 32.2 Å². The molecule has 0 radical (unpaired) electrons. The smallest absolute Gasteiger partial charge is 0.0465 e. The lowest BCUT2D eigenvalue weighted by atomic mass is 10.2. The predicted octanol–water partition coefficient (Wildman–Crippen LogP) is 2.14. The summed E-state index contributed by atoms with van der Waals surface area (Å²) in [5, 5.41) is 0. The van der Waals surface area contributed by atoms with Crippen LogP contribution in [0.4, 0.5) is 0 Å². The maximum Gasteiger partial charge on any atom is 0.0465 e. The average Bonchev–Trinajstić information content (AvgIpc) is 2.02. The third-order valence-electron chi connectivity index (χ3n) is 1.85. The second-order valence-corrected chi connectivity index (χ2v) is 3.41. The van der Waals surface area contributed by atoms with Crippen molar-refractivity contribution in [3.8, 4) is 0 Å². The normalized spacial score (nSPS) is 11.0. The van der Waals surface area contributed by atoms with Crippen molar-refractivity contribution in [1.29, 1.82) is 0 Å². The second kappa shape index (κ2) is 9.01. The first-order valence-electron chi connectivity index (χ1n) is 5.00. The average molecular weight is 173 g/mol. The second-order valence-electron chi connectivity index (χ2n) is 3.41. The molecule has 12 heavy (non-hydrogen) atoms. The molecule has 0 aromatic rings. The fourth-order valence-electron chi connectivity index (χ4n) is 1.13. The van der Waals surface area contributed by atoms with Gasteiger partial charge < -0.3 is 9.64 Å². The maximum atomic E-state index is 5.25. The summed E-state index contributed by atoms with van der Waals surface area (Å²) in [5.41, 5.74) is 0. The van der Waals surface area contributed by atoms with Gasteiger partial charge >= 0.3 is 0 Å². The number of rotatable bonds is 8. The maximum absolute atomic E-state index is 5.25. The zero-order chi connectivity index (χ0) is 9.23. The molecule has 0 saturated carbocycles. The highest BCUT2D eigenvalue weighted by atomic mass is 16.5. The van der Waals surface area contributed by atoms with Gasteiger partial charge in [0, 0.05) is 13.2 Å². The van der Waals surface area contributed by atoms with Crippen LogP contribution in [0.2, 0.25) is 0 Å². The van der Waals surface area contributed by atoms with Gasteiger partial charge in [-0.3, -0.25) is 0 Å². The van der Waals surface area contributed by atoms with E-state index >= 15 is 0 Å². The Balaban J connectivity index is 2.82. The Morgan fingerprint density at radius 2 is 1.67 bits per heavy atom. The van der Waals surface area contributed by atoms with Crippen LogP contribution in [0.5, 0.6) is 0 Å². The Hall–Kier alpha value is -0.0800. The van der Waals surface area contributed by atoms with E-state index in [0.29, 0.717) is 0 Å².